The summed E-state index contributed by atoms with van der Waals surface area (Å²) >= 11 is 0. The van der Waals surface area contributed by atoms with Gasteiger partial charge in [0, 0.05) is 0 Å². The highest BCUT2D eigenvalue weighted by molar-refractivity contribution is 5.74. The van der Waals surface area contributed by atoms with E-state index in [4.69, 9.17) is 4.74 Å². The Labute approximate surface area is 142 Å². The summed E-state index contributed by atoms with van der Waals surface area (Å²) in [6, 6.07) is 0. The van der Waals surface area contributed by atoms with Gasteiger partial charge in [0.15, 0.2) is 0 Å². The number of rotatable bonds is 3. The van der Waals surface area contributed by atoms with Gasteiger partial charge in [-0.15, -0.1) is 0 Å². The number of hydrogen-bond acceptors (Lipinski definition) is 2. The molecule has 0 saturated heterocycles. The monoisotopic (exact) mass is 320 g/mol. The van der Waals surface area contributed by atoms with E-state index in [1.807, 2.05) is 0 Å². The van der Waals surface area contributed by atoms with E-state index in [0.29, 0.717) is 0 Å². The van der Waals surface area contributed by atoms with E-state index in [9.17, 15) is 4.79 Å². The molecule has 0 aromatic carbocycles. The van der Waals surface area contributed by atoms with Gasteiger partial charge in [0.25, 0.3) is 0 Å². The van der Waals surface area contributed by atoms with Crippen LogP contribution in [0.2, 0.25) is 0 Å². The smallest absolute Gasteiger partial charge is 0.310 e. The van der Waals surface area contributed by atoms with Crippen LogP contribution in [-0.2, 0) is 9.53 Å². The summed E-state index contributed by atoms with van der Waals surface area (Å²) in [5.74, 6) is 2.55. The van der Waals surface area contributed by atoms with Gasteiger partial charge in [-0.2, -0.15) is 0 Å². The molecule has 4 rings (SSSR count). The normalized spacial score (nSPS) is 37.7. The molecule has 4 aliphatic carbocycles. The van der Waals surface area contributed by atoms with Gasteiger partial charge in [-0.3, -0.25) is 4.79 Å². The average molecular weight is 321 g/mol. The number of esters is 1. The first-order chi connectivity index (χ1) is 10.5. The van der Waals surface area contributed by atoms with Gasteiger partial charge in [-0.25, -0.2) is 0 Å². The highest BCUT2D eigenvalue weighted by Crippen LogP contribution is 2.57. The second-order valence-corrected chi connectivity index (χ2v) is 11.2. The van der Waals surface area contributed by atoms with Crippen LogP contribution >= 0.6 is 0 Å². The van der Waals surface area contributed by atoms with Gasteiger partial charge in [0.1, 0.15) is 5.60 Å². The Morgan fingerprint density at radius 3 is 1.74 bits per heavy atom. The van der Waals surface area contributed by atoms with Gasteiger partial charge >= 0.3 is 5.97 Å². The molecule has 4 aliphatic rings. The quantitative estimate of drug-likeness (QED) is 0.633. The Balaban J connectivity index is 1.74. The van der Waals surface area contributed by atoms with E-state index < -0.39 is 0 Å². The maximum atomic E-state index is 13.1. The fraction of sp³-hybridized carbons (Fsp3) is 0.952. The van der Waals surface area contributed by atoms with Crippen molar-refractivity contribution in [1.29, 1.82) is 0 Å². The van der Waals surface area contributed by atoms with Crippen molar-refractivity contribution in [3.8, 4) is 0 Å². The van der Waals surface area contributed by atoms with Crippen LogP contribution in [0.25, 0.3) is 0 Å². The third kappa shape index (κ3) is 3.77. The molecular formula is C21H36O2. The van der Waals surface area contributed by atoms with Crippen LogP contribution in [0.15, 0.2) is 0 Å². The molecule has 1 unspecified atom stereocenters. The molecule has 0 radical (unpaired) electrons. The summed E-state index contributed by atoms with van der Waals surface area (Å²) in [6.45, 7) is 13.2. The van der Waals surface area contributed by atoms with E-state index in [1.165, 1.54) is 19.3 Å². The summed E-state index contributed by atoms with van der Waals surface area (Å²) in [5.41, 5.74) is 0.0122. The van der Waals surface area contributed by atoms with Gasteiger partial charge in [0.2, 0.25) is 0 Å². The predicted octanol–water partition coefficient (Wildman–Crippen LogP) is 5.60. The van der Waals surface area contributed by atoms with Gasteiger partial charge in [-0.05, 0) is 73.5 Å². The van der Waals surface area contributed by atoms with Crippen LogP contribution in [0.5, 0.6) is 0 Å². The van der Waals surface area contributed by atoms with Crippen molar-refractivity contribution in [2.24, 2.45) is 34.5 Å². The molecule has 0 heterocycles. The Hall–Kier alpha value is -0.530. The first-order valence-corrected chi connectivity index (χ1v) is 9.69. The molecule has 132 valence electrons. The average Bonchev–Trinajstić information content (AvgIpc) is 2.31. The Bertz CT molecular complexity index is 428. The van der Waals surface area contributed by atoms with E-state index in [-0.39, 0.29) is 28.3 Å². The van der Waals surface area contributed by atoms with Crippen LogP contribution in [0.1, 0.15) is 86.5 Å². The van der Waals surface area contributed by atoms with Gasteiger partial charge in [-0.1, -0.05) is 41.5 Å². The third-order valence-corrected chi connectivity index (χ3v) is 6.45. The van der Waals surface area contributed by atoms with Crippen molar-refractivity contribution in [2.45, 2.75) is 92.1 Å². The van der Waals surface area contributed by atoms with Crippen LogP contribution in [0.3, 0.4) is 0 Å². The van der Waals surface area contributed by atoms with Crippen molar-refractivity contribution in [1.82, 2.24) is 0 Å². The first-order valence-electron chi connectivity index (χ1n) is 9.69. The minimum Gasteiger partial charge on any atom is -0.459 e. The second kappa shape index (κ2) is 5.49. The van der Waals surface area contributed by atoms with Crippen molar-refractivity contribution in [3.63, 3.8) is 0 Å². The summed E-state index contributed by atoms with van der Waals surface area (Å²) in [6.07, 6.45) is 8.48. The molecule has 2 nitrogen and oxygen atoms in total. The van der Waals surface area contributed by atoms with E-state index in [0.717, 1.165) is 43.4 Å². The lowest BCUT2D eigenvalue weighted by Crippen LogP contribution is -2.53. The Morgan fingerprint density at radius 1 is 0.957 bits per heavy atom. The van der Waals surface area contributed by atoms with Crippen LogP contribution in [0, 0.1) is 34.5 Å². The lowest BCUT2D eigenvalue weighted by Gasteiger charge is -2.56. The molecule has 0 spiro atoms. The summed E-state index contributed by atoms with van der Waals surface area (Å²) in [5, 5.41) is 0. The van der Waals surface area contributed by atoms with E-state index in [2.05, 4.69) is 41.5 Å². The Morgan fingerprint density at radius 2 is 1.39 bits per heavy atom. The molecule has 4 saturated carbocycles. The van der Waals surface area contributed by atoms with Crippen LogP contribution in [-0.4, -0.2) is 11.6 Å². The number of hydrogen-bond donors (Lipinski definition) is 0. The first kappa shape index (κ1) is 17.3. The lowest BCUT2D eigenvalue weighted by atomic mass is 9.54. The third-order valence-electron chi connectivity index (χ3n) is 6.45. The molecule has 0 amide bonds. The minimum atomic E-state index is -0.104. The van der Waals surface area contributed by atoms with Crippen molar-refractivity contribution < 1.29 is 9.53 Å². The standard InChI is InChI=1S/C21H36O2/c1-19(2,3)13-17(20(4,5)6)18(22)23-21-10-14-7-15(11-21)9-16(8-14)12-21/h14-17H,7-13H2,1-6H3. The predicted molar refractivity (Wildman–Crippen MR) is 94.0 cm³/mol. The maximum Gasteiger partial charge on any atom is 0.310 e. The number of ether oxygens (including phenoxy) is 1. The van der Waals surface area contributed by atoms with Crippen molar-refractivity contribution >= 4 is 5.97 Å². The zero-order valence-electron chi connectivity index (χ0n) is 16.1. The van der Waals surface area contributed by atoms with Crippen LogP contribution < -0.4 is 0 Å². The lowest BCUT2D eigenvalue weighted by molar-refractivity contribution is -0.195. The zero-order chi connectivity index (χ0) is 17.0. The van der Waals surface area contributed by atoms with Gasteiger partial charge < -0.3 is 4.74 Å². The topological polar surface area (TPSA) is 26.3 Å². The van der Waals surface area contributed by atoms with E-state index in [1.54, 1.807) is 0 Å². The summed E-state index contributed by atoms with van der Waals surface area (Å²) < 4.78 is 6.35. The highest BCUT2D eigenvalue weighted by atomic mass is 16.6. The highest BCUT2D eigenvalue weighted by Gasteiger charge is 2.54. The molecule has 4 fully saturated rings. The number of carbonyl (C=O) groups is 1. The summed E-state index contributed by atoms with van der Waals surface area (Å²) in [7, 11) is 0. The molecule has 0 N–H and O–H groups in total. The fourth-order valence-corrected chi connectivity index (χ4v) is 5.80. The molecule has 0 aliphatic heterocycles. The summed E-state index contributed by atoms with van der Waals surface area (Å²) in [4.78, 5) is 13.1. The minimum absolute atomic E-state index is 0.00416. The van der Waals surface area contributed by atoms with Crippen LogP contribution in [0.4, 0.5) is 0 Å². The van der Waals surface area contributed by atoms with Gasteiger partial charge in [0.05, 0.1) is 5.92 Å². The SMILES string of the molecule is CC(C)(C)CC(C(=O)OC12CC3CC(CC(C3)C1)C2)C(C)(C)C. The van der Waals surface area contributed by atoms with Crippen molar-refractivity contribution in [2.75, 3.05) is 0 Å². The zero-order valence-corrected chi connectivity index (χ0v) is 16.1. The molecule has 23 heavy (non-hydrogen) atoms. The molecular weight excluding hydrogens is 284 g/mol. The van der Waals surface area contributed by atoms with Crippen molar-refractivity contribution in [3.05, 3.63) is 0 Å². The fourth-order valence-electron chi connectivity index (χ4n) is 5.80. The molecule has 1 atom stereocenters. The molecule has 4 bridgehead atoms. The molecule has 0 aromatic rings. The second-order valence-electron chi connectivity index (χ2n) is 11.2. The molecule has 0 aromatic heterocycles. The maximum absolute atomic E-state index is 13.1. The number of carbonyl (C=O) groups excluding carboxylic acids is 1. The van der Waals surface area contributed by atoms with E-state index >= 15 is 0 Å². The molecule has 2 heteroatoms. The largest absolute Gasteiger partial charge is 0.459 e. The Kier molecular flexibility index (Phi) is 4.13.